The van der Waals surface area contributed by atoms with Gasteiger partial charge in [0.1, 0.15) is 0 Å². The number of aliphatic hydroxyl groups is 1. The number of amides is 1. The summed E-state index contributed by atoms with van der Waals surface area (Å²) in [5.41, 5.74) is -0.105. The van der Waals surface area contributed by atoms with Crippen LogP contribution in [0.4, 0.5) is 0 Å². The minimum absolute atomic E-state index is 0.0315. The zero-order valence-electron chi connectivity index (χ0n) is 9.42. The van der Waals surface area contributed by atoms with E-state index in [1.807, 2.05) is 13.8 Å². The van der Waals surface area contributed by atoms with Crippen LogP contribution in [0.1, 0.15) is 37.0 Å². The summed E-state index contributed by atoms with van der Waals surface area (Å²) in [6.45, 7) is 3.87. The molecule has 0 aliphatic heterocycles. The third kappa shape index (κ3) is 3.00. The van der Waals surface area contributed by atoms with Crippen LogP contribution in [0, 0.1) is 0 Å². The van der Waals surface area contributed by atoms with Gasteiger partial charge in [0.15, 0.2) is 0 Å². The van der Waals surface area contributed by atoms with E-state index in [0.29, 0.717) is 12.0 Å². The van der Waals surface area contributed by atoms with Crippen molar-refractivity contribution in [1.29, 1.82) is 0 Å². The molecular formula is C11H16ClNO3. The maximum atomic E-state index is 11.8. The average molecular weight is 246 g/mol. The van der Waals surface area contributed by atoms with E-state index in [1.165, 1.54) is 12.3 Å². The van der Waals surface area contributed by atoms with Gasteiger partial charge in [0.05, 0.1) is 11.8 Å². The van der Waals surface area contributed by atoms with E-state index in [1.54, 1.807) is 0 Å². The van der Waals surface area contributed by atoms with Gasteiger partial charge in [-0.15, -0.1) is 0 Å². The highest BCUT2D eigenvalue weighted by molar-refractivity contribution is 6.32. The van der Waals surface area contributed by atoms with Gasteiger partial charge in [-0.2, -0.15) is 0 Å². The normalized spacial score (nSPS) is 14.5. The second-order valence-electron chi connectivity index (χ2n) is 3.95. The Hall–Kier alpha value is -1.00. The van der Waals surface area contributed by atoms with Gasteiger partial charge in [-0.05, 0) is 37.4 Å². The highest BCUT2D eigenvalue weighted by Gasteiger charge is 2.25. The van der Waals surface area contributed by atoms with Crippen LogP contribution >= 0.6 is 11.6 Å². The third-order valence-electron chi connectivity index (χ3n) is 2.72. The Morgan fingerprint density at radius 3 is 2.81 bits per heavy atom. The van der Waals surface area contributed by atoms with Gasteiger partial charge in [0, 0.05) is 12.1 Å². The molecule has 16 heavy (non-hydrogen) atoms. The van der Waals surface area contributed by atoms with Crippen LogP contribution in [-0.4, -0.2) is 23.2 Å². The first-order valence-corrected chi connectivity index (χ1v) is 5.56. The third-order valence-corrected chi connectivity index (χ3v) is 3.01. The van der Waals surface area contributed by atoms with Crippen LogP contribution in [0.3, 0.4) is 0 Å². The van der Waals surface area contributed by atoms with E-state index in [4.69, 9.17) is 21.1 Å². The van der Waals surface area contributed by atoms with Crippen molar-refractivity contribution in [3.63, 3.8) is 0 Å². The molecule has 0 aliphatic rings. The van der Waals surface area contributed by atoms with E-state index < -0.39 is 5.54 Å². The first-order valence-electron chi connectivity index (χ1n) is 5.19. The maximum absolute atomic E-state index is 11.8. The molecule has 1 unspecified atom stereocenters. The number of rotatable bonds is 5. The smallest absolute Gasteiger partial charge is 0.256 e. The van der Waals surface area contributed by atoms with Crippen molar-refractivity contribution in [2.75, 3.05) is 6.61 Å². The number of hydrogen-bond acceptors (Lipinski definition) is 3. The van der Waals surface area contributed by atoms with Gasteiger partial charge < -0.3 is 14.8 Å². The molecule has 0 fully saturated rings. The van der Waals surface area contributed by atoms with Crippen LogP contribution < -0.4 is 5.32 Å². The fourth-order valence-electron chi connectivity index (χ4n) is 1.37. The molecule has 1 atom stereocenters. The lowest BCUT2D eigenvalue weighted by molar-refractivity contribution is 0.0886. The minimum Gasteiger partial charge on any atom is -0.452 e. The molecule has 5 heteroatoms. The van der Waals surface area contributed by atoms with Crippen molar-refractivity contribution in [2.45, 2.75) is 32.2 Å². The number of nitrogens with one attached hydrogen (secondary N) is 1. The van der Waals surface area contributed by atoms with Crippen LogP contribution in [0.15, 0.2) is 16.7 Å². The number of carbonyl (C=O) groups is 1. The van der Waals surface area contributed by atoms with E-state index in [-0.39, 0.29) is 17.7 Å². The molecule has 0 spiro atoms. The summed E-state index contributed by atoms with van der Waals surface area (Å²) >= 11 is 5.71. The first kappa shape index (κ1) is 13.1. The van der Waals surface area contributed by atoms with E-state index in [9.17, 15) is 4.79 Å². The minimum atomic E-state index is -0.424. The van der Waals surface area contributed by atoms with E-state index in [0.717, 1.165) is 6.42 Å². The molecule has 1 heterocycles. The summed E-state index contributed by atoms with van der Waals surface area (Å²) in [5.74, 6) is -0.281. The van der Waals surface area contributed by atoms with Crippen LogP contribution in [-0.2, 0) is 0 Å². The SMILES string of the molecule is CCC(C)(CCO)NC(=O)c1ccoc1Cl. The Bertz CT molecular complexity index is 364. The van der Waals surface area contributed by atoms with Gasteiger partial charge in [-0.1, -0.05) is 6.92 Å². The Morgan fingerprint density at radius 2 is 2.38 bits per heavy atom. The molecule has 0 saturated carbocycles. The van der Waals surface area contributed by atoms with Crippen LogP contribution in [0.2, 0.25) is 5.22 Å². The molecular weight excluding hydrogens is 230 g/mol. The zero-order chi connectivity index (χ0) is 12.2. The quantitative estimate of drug-likeness (QED) is 0.836. The molecule has 0 saturated heterocycles. The number of carbonyl (C=O) groups excluding carboxylic acids is 1. The predicted octanol–water partition coefficient (Wildman–Crippen LogP) is 2.21. The first-order chi connectivity index (χ1) is 7.52. The van der Waals surface area contributed by atoms with Gasteiger partial charge in [0.25, 0.3) is 5.91 Å². The highest BCUT2D eigenvalue weighted by atomic mass is 35.5. The van der Waals surface area contributed by atoms with Gasteiger partial charge in [0.2, 0.25) is 5.22 Å². The molecule has 0 radical (unpaired) electrons. The Morgan fingerprint density at radius 1 is 1.69 bits per heavy atom. The summed E-state index contributed by atoms with van der Waals surface area (Å²) in [4.78, 5) is 11.8. The second-order valence-corrected chi connectivity index (χ2v) is 4.29. The Balaban J connectivity index is 2.73. The second kappa shape index (κ2) is 5.37. The molecule has 1 aromatic heterocycles. The highest BCUT2D eigenvalue weighted by Crippen LogP contribution is 2.19. The fourth-order valence-corrected chi connectivity index (χ4v) is 1.57. The maximum Gasteiger partial charge on any atom is 0.256 e. The molecule has 0 aliphatic carbocycles. The number of halogens is 1. The van der Waals surface area contributed by atoms with Gasteiger partial charge in [-0.25, -0.2) is 0 Å². The molecule has 90 valence electrons. The lowest BCUT2D eigenvalue weighted by Gasteiger charge is -2.28. The molecule has 0 aromatic carbocycles. The van der Waals surface area contributed by atoms with Crippen LogP contribution in [0.5, 0.6) is 0 Å². The fraction of sp³-hybridized carbons (Fsp3) is 0.545. The number of aliphatic hydroxyl groups excluding tert-OH is 1. The lowest BCUT2D eigenvalue weighted by Crippen LogP contribution is -2.46. The van der Waals surface area contributed by atoms with Crippen LogP contribution in [0.25, 0.3) is 0 Å². The molecule has 0 bridgehead atoms. The zero-order valence-corrected chi connectivity index (χ0v) is 10.2. The topological polar surface area (TPSA) is 62.5 Å². The van der Waals surface area contributed by atoms with E-state index in [2.05, 4.69) is 5.32 Å². The molecule has 4 nitrogen and oxygen atoms in total. The molecule has 1 aromatic rings. The standard InChI is InChI=1S/C11H16ClNO3/c1-3-11(2,5-6-14)13-10(15)8-4-7-16-9(8)12/h4,7,14H,3,5-6H2,1-2H3,(H,13,15). The number of furan rings is 1. The van der Waals surface area contributed by atoms with E-state index >= 15 is 0 Å². The number of hydrogen-bond donors (Lipinski definition) is 2. The molecule has 1 amide bonds. The summed E-state index contributed by atoms with van der Waals surface area (Å²) in [5, 5.41) is 11.9. The van der Waals surface area contributed by atoms with Crippen molar-refractivity contribution in [1.82, 2.24) is 5.32 Å². The van der Waals surface area contributed by atoms with Crippen molar-refractivity contribution >= 4 is 17.5 Å². The summed E-state index contributed by atoms with van der Waals surface area (Å²) < 4.78 is 4.85. The van der Waals surface area contributed by atoms with Gasteiger partial charge in [-0.3, -0.25) is 4.79 Å². The summed E-state index contributed by atoms with van der Waals surface area (Å²) in [6.07, 6.45) is 2.60. The van der Waals surface area contributed by atoms with Crippen molar-refractivity contribution in [2.24, 2.45) is 0 Å². The lowest BCUT2D eigenvalue weighted by atomic mass is 9.94. The van der Waals surface area contributed by atoms with Gasteiger partial charge >= 0.3 is 0 Å². The van der Waals surface area contributed by atoms with Crippen molar-refractivity contribution in [3.05, 3.63) is 23.1 Å². The van der Waals surface area contributed by atoms with Crippen molar-refractivity contribution < 1.29 is 14.3 Å². The molecule has 2 N–H and O–H groups in total. The molecule has 1 rings (SSSR count). The monoisotopic (exact) mass is 245 g/mol. The predicted molar refractivity (Wildman–Crippen MR) is 61.6 cm³/mol. The van der Waals surface area contributed by atoms with Crippen molar-refractivity contribution in [3.8, 4) is 0 Å². The summed E-state index contributed by atoms with van der Waals surface area (Å²) in [6, 6.07) is 1.52. The Labute approximate surface area is 99.6 Å². The largest absolute Gasteiger partial charge is 0.452 e. The average Bonchev–Trinajstić information content (AvgIpc) is 2.65. The summed E-state index contributed by atoms with van der Waals surface area (Å²) in [7, 11) is 0. The Kier molecular flexibility index (Phi) is 4.38.